The van der Waals surface area contributed by atoms with Crippen LogP contribution in [-0.2, 0) is 6.42 Å². The Hall–Kier alpha value is -1.47. The Labute approximate surface area is 126 Å². The molecule has 0 bridgehead atoms. The first-order valence-electron chi connectivity index (χ1n) is 6.94. The summed E-state index contributed by atoms with van der Waals surface area (Å²) in [5, 5.41) is 0.0661. The Balaban J connectivity index is 1.96. The van der Waals surface area contributed by atoms with Gasteiger partial charge in [0.15, 0.2) is 0 Å². The van der Waals surface area contributed by atoms with Crippen LogP contribution in [0.25, 0.3) is 0 Å². The number of benzene rings is 2. The molecule has 0 amide bonds. The highest BCUT2D eigenvalue weighted by molar-refractivity contribution is 6.20. The van der Waals surface area contributed by atoms with Crippen molar-refractivity contribution in [3.63, 3.8) is 0 Å². The molecule has 2 rings (SSSR count). The van der Waals surface area contributed by atoms with Gasteiger partial charge in [0, 0.05) is 0 Å². The molecule has 0 aliphatic heterocycles. The second-order valence-electron chi connectivity index (χ2n) is 5.20. The largest absolute Gasteiger partial charge is 0.497 e. The van der Waals surface area contributed by atoms with Crippen LogP contribution in [0.1, 0.15) is 34.1 Å². The SMILES string of the molecule is COc1ccc(CCC(Cl)c2ccc(C)c(C)c2)cc1. The van der Waals surface area contributed by atoms with Gasteiger partial charge in [-0.15, -0.1) is 11.6 Å². The molecule has 0 aliphatic rings. The van der Waals surface area contributed by atoms with Crippen LogP contribution in [0.5, 0.6) is 5.75 Å². The van der Waals surface area contributed by atoms with Gasteiger partial charge in [-0.3, -0.25) is 0 Å². The van der Waals surface area contributed by atoms with Crippen molar-refractivity contribution < 1.29 is 4.74 Å². The molecule has 0 saturated heterocycles. The Morgan fingerprint density at radius 2 is 1.70 bits per heavy atom. The molecule has 0 spiro atoms. The van der Waals surface area contributed by atoms with Crippen molar-refractivity contribution in [1.29, 1.82) is 0 Å². The number of halogens is 1. The molecule has 0 saturated carbocycles. The third kappa shape index (κ3) is 3.77. The fourth-order valence-electron chi connectivity index (χ4n) is 2.21. The molecule has 2 aromatic rings. The lowest BCUT2D eigenvalue weighted by Crippen LogP contribution is -1.96. The number of ether oxygens (including phenoxy) is 1. The molecule has 0 aliphatic carbocycles. The first kappa shape index (κ1) is 14.9. The monoisotopic (exact) mass is 288 g/mol. The summed E-state index contributed by atoms with van der Waals surface area (Å²) in [6.45, 7) is 4.26. The van der Waals surface area contributed by atoms with Gasteiger partial charge in [-0.25, -0.2) is 0 Å². The van der Waals surface area contributed by atoms with E-state index in [0.29, 0.717) is 0 Å². The van der Waals surface area contributed by atoms with Gasteiger partial charge >= 0.3 is 0 Å². The van der Waals surface area contributed by atoms with E-state index in [-0.39, 0.29) is 5.38 Å². The highest BCUT2D eigenvalue weighted by atomic mass is 35.5. The van der Waals surface area contributed by atoms with Crippen LogP contribution in [0.3, 0.4) is 0 Å². The summed E-state index contributed by atoms with van der Waals surface area (Å²) in [6.07, 6.45) is 1.92. The second kappa shape index (κ2) is 6.81. The first-order valence-corrected chi connectivity index (χ1v) is 7.38. The van der Waals surface area contributed by atoms with Gasteiger partial charge in [0.1, 0.15) is 5.75 Å². The van der Waals surface area contributed by atoms with Gasteiger partial charge in [-0.2, -0.15) is 0 Å². The maximum Gasteiger partial charge on any atom is 0.118 e. The van der Waals surface area contributed by atoms with Crippen LogP contribution >= 0.6 is 11.6 Å². The normalized spacial score (nSPS) is 12.2. The highest BCUT2D eigenvalue weighted by Crippen LogP contribution is 2.27. The standard InChI is InChI=1S/C18H21ClO/c1-13-4-8-16(12-14(13)2)18(19)11-7-15-5-9-17(20-3)10-6-15/h4-6,8-10,12,18H,7,11H2,1-3H3. The lowest BCUT2D eigenvalue weighted by atomic mass is 10.00. The van der Waals surface area contributed by atoms with Gasteiger partial charge in [-0.05, 0) is 61.1 Å². The number of aryl methyl sites for hydroxylation is 3. The summed E-state index contributed by atoms with van der Waals surface area (Å²) < 4.78 is 5.16. The van der Waals surface area contributed by atoms with Crippen molar-refractivity contribution >= 4 is 11.6 Å². The number of hydrogen-bond donors (Lipinski definition) is 0. The zero-order chi connectivity index (χ0) is 14.5. The van der Waals surface area contributed by atoms with E-state index >= 15 is 0 Å². The fourth-order valence-corrected chi connectivity index (χ4v) is 2.46. The van der Waals surface area contributed by atoms with Crippen molar-refractivity contribution in [3.8, 4) is 5.75 Å². The van der Waals surface area contributed by atoms with E-state index in [2.05, 4.69) is 44.2 Å². The van der Waals surface area contributed by atoms with Crippen LogP contribution < -0.4 is 4.74 Å². The summed E-state index contributed by atoms with van der Waals surface area (Å²) in [6, 6.07) is 14.7. The number of methoxy groups -OCH3 is 1. The average Bonchev–Trinajstić information content (AvgIpc) is 2.48. The van der Waals surface area contributed by atoms with Crippen molar-refractivity contribution in [3.05, 3.63) is 64.7 Å². The van der Waals surface area contributed by atoms with Crippen LogP contribution in [0, 0.1) is 13.8 Å². The van der Waals surface area contributed by atoms with Crippen molar-refractivity contribution in [1.82, 2.24) is 0 Å². The Morgan fingerprint density at radius 3 is 2.30 bits per heavy atom. The Morgan fingerprint density at radius 1 is 1.00 bits per heavy atom. The molecule has 0 fully saturated rings. The average molecular weight is 289 g/mol. The molecule has 106 valence electrons. The third-order valence-electron chi connectivity index (χ3n) is 3.74. The molecule has 0 radical (unpaired) electrons. The van der Waals surface area contributed by atoms with E-state index in [1.807, 2.05) is 12.1 Å². The first-order chi connectivity index (χ1) is 9.60. The van der Waals surface area contributed by atoms with E-state index in [4.69, 9.17) is 16.3 Å². The molecular weight excluding hydrogens is 268 g/mol. The van der Waals surface area contributed by atoms with Gasteiger partial charge in [0.2, 0.25) is 0 Å². The van der Waals surface area contributed by atoms with Crippen molar-refractivity contribution in [2.75, 3.05) is 7.11 Å². The molecule has 1 unspecified atom stereocenters. The Kier molecular flexibility index (Phi) is 5.08. The lowest BCUT2D eigenvalue weighted by molar-refractivity contribution is 0.414. The summed E-state index contributed by atoms with van der Waals surface area (Å²) in [7, 11) is 1.68. The maximum atomic E-state index is 6.51. The minimum Gasteiger partial charge on any atom is -0.497 e. The van der Waals surface area contributed by atoms with Crippen molar-refractivity contribution in [2.45, 2.75) is 32.1 Å². The number of hydrogen-bond acceptors (Lipinski definition) is 1. The molecular formula is C18H21ClO. The van der Waals surface area contributed by atoms with Crippen LogP contribution in [-0.4, -0.2) is 7.11 Å². The summed E-state index contributed by atoms with van der Waals surface area (Å²) in [5.74, 6) is 0.894. The highest BCUT2D eigenvalue weighted by Gasteiger charge is 2.09. The smallest absolute Gasteiger partial charge is 0.118 e. The van der Waals surface area contributed by atoms with E-state index in [9.17, 15) is 0 Å². The second-order valence-corrected chi connectivity index (χ2v) is 5.72. The van der Waals surface area contributed by atoms with E-state index in [0.717, 1.165) is 18.6 Å². The summed E-state index contributed by atoms with van der Waals surface area (Å²) in [4.78, 5) is 0. The van der Waals surface area contributed by atoms with Crippen LogP contribution in [0.2, 0.25) is 0 Å². The third-order valence-corrected chi connectivity index (χ3v) is 4.21. The van der Waals surface area contributed by atoms with E-state index in [1.165, 1.54) is 22.3 Å². The molecule has 20 heavy (non-hydrogen) atoms. The minimum atomic E-state index is 0.0661. The quantitative estimate of drug-likeness (QED) is 0.685. The van der Waals surface area contributed by atoms with Crippen molar-refractivity contribution in [2.24, 2.45) is 0 Å². The predicted molar refractivity (Wildman–Crippen MR) is 85.8 cm³/mol. The van der Waals surface area contributed by atoms with Gasteiger partial charge in [0.05, 0.1) is 12.5 Å². The summed E-state index contributed by atoms with van der Waals surface area (Å²) in [5.41, 5.74) is 5.12. The molecule has 1 atom stereocenters. The topological polar surface area (TPSA) is 9.23 Å². The molecule has 2 heteroatoms. The zero-order valence-corrected chi connectivity index (χ0v) is 13.1. The van der Waals surface area contributed by atoms with Crippen LogP contribution in [0.4, 0.5) is 0 Å². The van der Waals surface area contributed by atoms with E-state index < -0.39 is 0 Å². The zero-order valence-electron chi connectivity index (χ0n) is 12.3. The number of alkyl halides is 1. The van der Waals surface area contributed by atoms with E-state index in [1.54, 1.807) is 7.11 Å². The van der Waals surface area contributed by atoms with Gasteiger partial charge in [-0.1, -0.05) is 30.3 Å². The molecule has 1 nitrogen and oxygen atoms in total. The lowest BCUT2D eigenvalue weighted by Gasteiger charge is -2.12. The molecule has 0 aromatic heterocycles. The predicted octanol–water partition coefficient (Wildman–Crippen LogP) is 5.22. The fraction of sp³-hybridized carbons (Fsp3) is 0.333. The van der Waals surface area contributed by atoms with Gasteiger partial charge in [0.25, 0.3) is 0 Å². The minimum absolute atomic E-state index is 0.0661. The number of rotatable bonds is 5. The maximum absolute atomic E-state index is 6.51. The molecule has 0 N–H and O–H groups in total. The van der Waals surface area contributed by atoms with Gasteiger partial charge < -0.3 is 4.74 Å². The molecule has 0 heterocycles. The Bertz CT molecular complexity index is 560. The van der Waals surface area contributed by atoms with Crippen LogP contribution in [0.15, 0.2) is 42.5 Å². The molecule has 2 aromatic carbocycles. The summed E-state index contributed by atoms with van der Waals surface area (Å²) >= 11 is 6.51.